The van der Waals surface area contributed by atoms with Crippen molar-refractivity contribution >= 4 is 17.6 Å². The van der Waals surface area contributed by atoms with Crippen molar-refractivity contribution in [2.45, 2.75) is 20.4 Å². The van der Waals surface area contributed by atoms with E-state index in [1.54, 1.807) is 23.1 Å². The van der Waals surface area contributed by atoms with Gasteiger partial charge >= 0.3 is 5.97 Å². The summed E-state index contributed by atoms with van der Waals surface area (Å²) in [5.74, 6) is -0.993. The number of ether oxygens (including phenoxy) is 1. The summed E-state index contributed by atoms with van der Waals surface area (Å²) in [6.45, 7) is 7.85. The van der Waals surface area contributed by atoms with Gasteiger partial charge in [0.15, 0.2) is 0 Å². The number of esters is 1. The predicted octanol–water partition coefficient (Wildman–Crippen LogP) is 1.66. The number of nitrogens with zero attached hydrogens (tertiary/aromatic N) is 4. The Kier molecular flexibility index (Phi) is 6.64. The SMILES string of the molecule is CCN(CC)CCn1cc(NC(=O)c2cccc(C(=O)OC)n2)cn1. The van der Waals surface area contributed by atoms with Crippen LogP contribution in [0.3, 0.4) is 0 Å². The monoisotopic (exact) mass is 345 g/mol. The van der Waals surface area contributed by atoms with Gasteiger partial charge in [0.1, 0.15) is 11.4 Å². The molecule has 1 N–H and O–H groups in total. The molecule has 2 aromatic rings. The van der Waals surface area contributed by atoms with Crippen molar-refractivity contribution in [3.63, 3.8) is 0 Å². The van der Waals surface area contributed by atoms with Crippen molar-refractivity contribution in [1.29, 1.82) is 0 Å². The van der Waals surface area contributed by atoms with Gasteiger partial charge in [-0.2, -0.15) is 5.10 Å². The van der Waals surface area contributed by atoms with Gasteiger partial charge in [-0.25, -0.2) is 9.78 Å². The number of likely N-dealkylation sites (N-methyl/N-ethyl adjacent to an activating group) is 1. The zero-order chi connectivity index (χ0) is 18.2. The highest BCUT2D eigenvalue weighted by atomic mass is 16.5. The summed E-state index contributed by atoms with van der Waals surface area (Å²) in [6.07, 6.45) is 3.36. The van der Waals surface area contributed by atoms with Crippen LogP contribution in [0.1, 0.15) is 34.8 Å². The Hall–Kier alpha value is -2.74. The number of aromatic nitrogens is 3. The predicted molar refractivity (Wildman–Crippen MR) is 93.5 cm³/mol. The van der Waals surface area contributed by atoms with E-state index in [2.05, 4.69) is 38.9 Å². The van der Waals surface area contributed by atoms with Crippen LogP contribution in [0.5, 0.6) is 0 Å². The zero-order valence-corrected chi connectivity index (χ0v) is 14.7. The maximum Gasteiger partial charge on any atom is 0.356 e. The van der Waals surface area contributed by atoms with E-state index in [0.717, 1.165) is 26.2 Å². The smallest absolute Gasteiger partial charge is 0.356 e. The summed E-state index contributed by atoms with van der Waals surface area (Å²) in [4.78, 5) is 30.1. The zero-order valence-electron chi connectivity index (χ0n) is 14.7. The number of amides is 1. The molecule has 0 atom stereocenters. The molecule has 8 heteroatoms. The number of pyridine rings is 1. The molecule has 0 aliphatic rings. The quantitative estimate of drug-likeness (QED) is 0.732. The van der Waals surface area contributed by atoms with Gasteiger partial charge in [-0.1, -0.05) is 19.9 Å². The van der Waals surface area contributed by atoms with Crippen molar-refractivity contribution in [3.05, 3.63) is 42.0 Å². The molecular formula is C17H23N5O3. The molecule has 0 aliphatic heterocycles. The Morgan fingerprint density at radius 3 is 2.64 bits per heavy atom. The highest BCUT2D eigenvalue weighted by Crippen LogP contribution is 2.08. The van der Waals surface area contributed by atoms with Gasteiger partial charge in [0.25, 0.3) is 5.91 Å². The Balaban J connectivity index is 1.98. The van der Waals surface area contributed by atoms with Crippen molar-refractivity contribution in [3.8, 4) is 0 Å². The van der Waals surface area contributed by atoms with Gasteiger partial charge in [0, 0.05) is 12.7 Å². The van der Waals surface area contributed by atoms with E-state index in [1.807, 2.05) is 0 Å². The minimum absolute atomic E-state index is 0.0880. The molecule has 0 radical (unpaired) electrons. The highest BCUT2D eigenvalue weighted by Gasteiger charge is 2.13. The first-order valence-corrected chi connectivity index (χ1v) is 8.18. The Bertz CT molecular complexity index is 725. The lowest BCUT2D eigenvalue weighted by Crippen LogP contribution is -2.27. The Morgan fingerprint density at radius 2 is 1.96 bits per heavy atom. The summed E-state index contributed by atoms with van der Waals surface area (Å²) in [7, 11) is 1.27. The molecule has 2 rings (SSSR count). The first kappa shape index (κ1) is 18.6. The molecule has 2 aromatic heterocycles. The third-order valence-corrected chi connectivity index (χ3v) is 3.81. The molecule has 0 spiro atoms. The molecule has 134 valence electrons. The average Bonchev–Trinajstić information content (AvgIpc) is 3.09. The fraction of sp³-hybridized carbons (Fsp3) is 0.412. The number of methoxy groups -OCH3 is 1. The Labute approximate surface area is 146 Å². The minimum atomic E-state index is -0.584. The standard InChI is InChI=1S/C17H23N5O3/c1-4-21(5-2)9-10-22-12-13(11-18-22)19-16(23)14-7-6-8-15(20-14)17(24)25-3/h6-8,11-12H,4-5,9-10H2,1-3H3,(H,19,23). The number of hydrogen-bond acceptors (Lipinski definition) is 6. The van der Waals surface area contributed by atoms with Crippen LogP contribution in [0.25, 0.3) is 0 Å². The maximum atomic E-state index is 12.3. The summed E-state index contributed by atoms with van der Waals surface area (Å²) in [5, 5.41) is 6.97. The average molecular weight is 345 g/mol. The second-order valence-corrected chi connectivity index (χ2v) is 5.37. The van der Waals surface area contributed by atoms with E-state index < -0.39 is 11.9 Å². The van der Waals surface area contributed by atoms with E-state index in [0.29, 0.717) is 5.69 Å². The van der Waals surface area contributed by atoms with Crippen LogP contribution in [0.2, 0.25) is 0 Å². The first-order valence-electron chi connectivity index (χ1n) is 8.18. The molecule has 25 heavy (non-hydrogen) atoms. The van der Waals surface area contributed by atoms with Crippen LogP contribution >= 0.6 is 0 Å². The number of nitrogens with one attached hydrogen (secondary N) is 1. The summed E-state index contributed by atoms with van der Waals surface area (Å²) in [5.41, 5.74) is 0.804. The topological polar surface area (TPSA) is 89.3 Å². The molecule has 2 heterocycles. The molecule has 0 aliphatic carbocycles. The highest BCUT2D eigenvalue weighted by molar-refractivity contribution is 6.03. The molecular weight excluding hydrogens is 322 g/mol. The largest absolute Gasteiger partial charge is 0.464 e. The van der Waals surface area contributed by atoms with Gasteiger partial charge in [-0.3, -0.25) is 9.48 Å². The second-order valence-electron chi connectivity index (χ2n) is 5.37. The van der Waals surface area contributed by atoms with E-state index in [9.17, 15) is 9.59 Å². The maximum absolute atomic E-state index is 12.3. The lowest BCUT2D eigenvalue weighted by molar-refractivity contribution is 0.0594. The third kappa shape index (κ3) is 5.12. The number of anilines is 1. The van der Waals surface area contributed by atoms with Crippen LogP contribution in [-0.2, 0) is 11.3 Å². The van der Waals surface area contributed by atoms with E-state index >= 15 is 0 Å². The molecule has 0 saturated carbocycles. The number of rotatable bonds is 8. The molecule has 0 saturated heterocycles. The van der Waals surface area contributed by atoms with Crippen molar-refractivity contribution in [1.82, 2.24) is 19.7 Å². The molecule has 8 nitrogen and oxygen atoms in total. The molecule has 0 unspecified atom stereocenters. The number of carbonyl (C=O) groups excluding carboxylic acids is 2. The van der Waals surface area contributed by atoms with Crippen molar-refractivity contribution in [2.24, 2.45) is 0 Å². The fourth-order valence-electron chi connectivity index (χ4n) is 2.31. The van der Waals surface area contributed by atoms with Gasteiger partial charge < -0.3 is 15.0 Å². The van der Waals surface area contributed by atoms with Gasteiger partial charge in [-0.15, -0.1) is 0 Å². The number of carbonyl (C=O) groups is 2. The summed E-state index contributed by atoms with van der Waals surface area (Å²) >= 11 is 0. The van der Waals surface area contributed by atoms with E-state index in [4.69, 9.17) is 0 Å². The van der Waals surface area contributed by atoms with Gasteiger partial charge in [0.05, 0.1) is 25.5 Å². The molecule has 1 amide bonds. The van der Waals surface area contributed by atoms with E-state index in [1.165, 1.54) is 19.2 Å². The van der Waals surface area contributed by atoms with Crippen molar-refractivity contribution < 1.29 is 14.3 Å². The second kappa shape index (κ2) is 8.93. The third-order valence-electron chi connectivity index (χ3n) is 3.81. The first-order chi connectivity index (χ1) is 12.1. The van der Waals surface area contributed by atoms with Crippen LogP contribution < -0.4 is 5.32 Å². The van der Waals surface area contributed by atoms with Gasteiger partial charge in [-0.05, 0) is 25.2 Å². The lowest BCUT2D eigenvalue weighted by Gasteiger charge is -2.17. The van der Waals surface area contributed by atoms with Crippen LogP contribution in [-0.4, -0.2) is 58.3 Å². The molecule has 0 aromatic carbocycles. The normalized spacial score (nSPS) is 10.7. The summed E-state index contributed by atoms with van der Waals surface area (Å²) < 4.78 is 6.39. The Morgan fingerprint density at radius 1 is 1.24 bits per heavy atom. The lowest BCUT2D eigenvalue weighted by atomic mass is 10.3. The van der Waals surface area contributed by atoms with Crippen LogP contribution in [0.15, 0.2) is 30.6 Å². The van der Waals surface area contributed by atoms with Gasteiger partial charge in [0.2, 0.25) is 0 Å². The van der Waals surface area contributed by atoms with Crippen molar-refractivity contribution in [2.75, 3.05) is 32.1 Å². The fourth-order valence-corrected chi connectivity index (χ4v) is 2.31. The number of hydrogen-bond donors (Lipinski definition) is 1. The minimum Gasteiger partial charge on any atom is -0.464 e. The molecule has 0 fully saturated rings. The van der Waals surface area contributed by atoms with Crippen LogP contribution in [0, 0.1) is 0 Å². The van der Waals surface area contributed by atoms with E-state index in [-0.39, 0.29) is 11.4 Å². The molecule has 0 bridgehead atoms. The summed E-state index contributed by atoms with van der Waals surface area (Å²) in [6, 6.07) is 4.61. The van der Waals surface area contributed by atoms with Crippen LogP contribution in [0.4, 0.5) is 5.69 Å².